The summed E-state index contributed by atoms with van der Waals surface area (Å²) in [6.45, 7) is 4.58. The van der Waals surface area contributed by atoms with E-state index in [9.17, 15) is 9.59 Å². The van der Waals surface area contributed by atoms with Crippen LogP contribution in [0.3, 0.4) is 0 Å². The average molecular weight is 173 g/mol. The van der Waals surface area contributed by atoms with Crippen molar-refractivity contribution in [3.8, 4) is 0 Å². The summed E-state index contributed by atoms with van der Waals surface area (Å²) >= 11 is 0. The number of hydrogen-bond donors (Lipinski definition) is 2. The van der Waals surface area contributed by atoms with Crippen molar-refractivity contribution in [3.63, 3.8) is 0 Å². The Hall–Kier alpha value is -1.06. The zero-order chi connectivity index (χ0) is 9.56. The summed E-state index contributed by atoms with van der Waals surface area (Å²) in [5.41, 5.74) is 0. The molecule has 0 bridgehead atoms. The molecule has 1 atom stereocenters. The monoisotopic (exact) mass is 173 g/mol. The molecular formula is C8H15NO3. The molecule has 0 saturated carbocycles. The van der Waals surface area contributed by atoms with Crippen LogP contribution in [0.15, 0.2) is 0 Å². The molecule has 0 aliphatic carbocycles. The fraction of sp³-hybridized carbons (Fsp3) is 0.750. The number of carbonyl (C=O) groups is 2. The largest absolute Gasteiger partial charge is 0.481 e. The van der Waals surface area contributed by atoms with Gasteiger partial charge in [0.1, 0.15) is 6.42 Å². The van der Waals surface area contributed by atoms with Gasteiger partial charge in [0.2, 0.25) is 5.91 Å². The summed E-state index contributed by atoms with van der Waals surface area (Å²) in [6, 6.07) is 0. The minimum Gasteiger partial charge on any atom is -0.481 e. The Kier molecular flexibility index (Phi) is 5.08. The molecule has 4 nitrogen and oxygen atoms in total. The molecule has 0 saturated heterocycles. The van der Waals surface area contributed by atoms with E-state index in [4.69, 9.17) is 5.11 Å². The van der Waals surface area contributed by atoms with Gasteiger partial charge in [-0.05, 0) is 5.92 Å². The van der Waals surface area contributed by atoms with Crippen LogP contribution in [0.2, 0.25) is 0 Å². The highest BCUT2D eigenvalue weighted by Crippen LogP contribution is 1.97. The Labute approximate surface area is 72.0 Å². The van der Waals surface area contributed by atoms with Gasteiger partial charge in [-0.15, -0.1) is 0 Å². The molecule has 12 heavy (non-hydrogen) atoms. The zero-order valence-electron chi connectivity index (χ0n) is 7.46. The lowest BCUT2D eigenvalue weighted by Gasteiger charge is -2.08. The van der Waals surface area contributed by atoms with Gasteiger partial charge < -0.3 is 10.4 Å². The van der Waals surface area contributed by atoms with E-state index in [0.717, 1.165) is 6.42 Å². The highest BCUT2D eigenvalue weighted by atomic mass is 16.4. The van der Waals surface area contributed by atoms with E-state index >= 15 is 0 Å². The van der Waals surface area contributed by atoms with Crippen LogP contribution in [0.4, 0.5) is 0 Å². The number of carboxylic acid groups (broad SMARTS) is 1. The molecule has 0 fully saturated rings. The molecule has 1 unspecified atom stereocenters. The Morgan fingerprint density at radius 1 is 1.50 bits per heavy atom. The van der Waals surface area contributed by atoms with E-state index in [-0.39, 0.29) is 0 Å². The molecule has 0 aromatic heterocycles. The first-order valence-electron chi connectivity index (χ1n) is 4.04. The molecule has 2 N–H and O–H groups in total. The number of hydrogen-bond acceptors (Lipinski definition) is 2. The van der Waals surface area contributed by atoms with Crippen molar-refractivity contribution in [2.45, 2.75) is 26.7 Å². The van der Waals surface area contributed by atoms with Crippen molar-refractivity contribution in [2.24, 2.45) is 5.92 Å². The minimum atomic E-state index is -1.09. The van der Waals surface area contributed by atoms with Crippen LogP contribution in [0, 0.1) is 5.92 Å². The van der Waals surface area contributed by atoms with E-state index in [0.29, 0.717) is 12.5 Å². The minimum absolute atomic E-state index is 0.405. The SMILES string of the molecule is CCC(C)CNC(=O)CC(=O)O. The third-order valence-electron chi connectivity index (χ3n) is 1.66. The van der Waals surface area contributed by atoms with Crippen molar-refractivity contribution in [1.82, 2.24) is 5.32 Å². The molecule has 0 rings (SSSR count). The van der Waals surface area contributed by atoms with Gasteiger partial charge in [0.25, 0.3) is 0 Å². The topological polar surface area (TPSA) is 66.4 Å². The maximum Gasteiger partial charge on any atom is 0.312 e. The number of amides is 1. The molecular weight excluding hydrogens is 158 g/mol. The quantitative estimate of drug-likeness (QED) is 0.599. The summed E-state index contributed by atoms with van der Waals surface area (Å²) in [7, 11) is 0. The second-order valence-corrected chi connectivity index (χ2v) is 2.89. The second-order valence-electron chi connectivity index (χ2n) is 2.89. The first kappa shape index (κ1) is 10.9. The van der Waals surface area contributed by atoms with Gasteiger partial charge in [0, 0.05) is 6.54 Å². The Balaban J connectivity index is 3.50. The number of carbonyl (C=O) groups excluding carboxylic acids is 1. The second kappa shape index (κ2) is 5.57. The van der Waals surface area contributed by atoms with E-state index in [2.05, 4.69) is 5.32 Å². The fourth-order valence-electron chi connectivity index (χ4n) is 0.632. The van der Waals surface area contributed by atoms with Crippen molar-refractivity contribution in [2.75, 3.05) is 6.54 Å². The van der Waals surface area contributed by atoms with Gasteiger partial charge in [-0.1, -0.05) is 20.3 Å². The third-order valence-corrected chi connectivity index (χ3v) is 1.66. The lowest BCUT2D eigenvalue weighted by Crippen LogP contribution is -2.29. The van der Waals surface area contributed by atoms with Crippen molar-refractivity contribution >= 4 is 11.9 Å². The van der Waals surface area contributed by atoms with E-state index in [1.54, 1.807) is 0 Å². The smallest absolute Gasteiger partial charge is 0.312 e. The van der Waals surface area contributed by atoms with Crippen LogP contribution in [0.1, 0.15) is 26.7 Å². The fourth-order valence-corrected chi connectivity index (χ4v) is 0.632. The van der Waals surface area contributed by atoms with E-state index in [1.807, 2.05) is 13.8 Å². The normalized spacial score (nSPS) is 12.2. The summed E-state index contributed by atoms with van der Waals surface area (Å²) in [5, 5.41) is 10.8. The first-order valence-corrected chi connectivity index (χ1v) is 4.04. The molecule has 0 spiro atoms. The molecule has 0 aromatic rings. The van der Waals surface area contributed by atoms with E-state index in [1.165, 1.54) is 0 Å². The first-order chi connectivity index (χ1) is 5.56. The molecule has 70 valence electrons. The zero-order valence-corrected chi connectivity index (χ0v) is 7.46. The standard InChI is InChI=1S/C8H15NO3/c1-3-6(2)5-9-7(10)4-8(11)12/h6H,3-5H2,1-2H3,(H,9,10)(H,11,12). The van der Waals surface area contributed by atoms with Gasteiger partial charge in [0.05, 0.1) is 0 Å². The van der Waals surface area contributed by atoms with Crippen LogP contribution in [-0.2, 0) is 9.59 Å². The van der Waals surface area contributed by atoms with Crippen molar-refractivity contribution in [1.29, 1.82) is 0 Å². The lowest BCUT2D eigenvalue weighted by molar-refractivity contribution is -0.140. The summed E-state index contributed by atoms with van der Waals surface area (Å²) in [4.78, 5) is 20.8. The van der Waals surface area contributed by atoms with Gasteiger partial charge in [-0.25, -0.2) is 0 Å². The molecule has 4 heteroatoms. The molecule has 0 aromatic carbocycles. The highest BCUT2D eigenvalue weighted by Gasteiger charge is 2.07. The van der Waals surface area contributed by atoms with Gasteiger partial charge >= 0.3 is 5.97 Å². The molecule has 0 aliphatic heterocycles. The van der Waals surface area contributed by atoms with Crippen LogP contribution in [-0.4, -0.2) is 23.5 Å². The number of rotatable bonds is 5. The average Bonchev–Trinajstić information content (AvgIpc) is 1.99. The predicted molar refractivity (Wildman–Crippen MR) is 44.7 cm³/mol. The van der Waals surface area contributed by atoms with Crippen LogP contribution < -0.4 is 5.32 Å². The molecule has 0 heterocycles. The van der Waals surface area contributed by atoms with Gasteiger partial charge in [0.15, 0.2) is 0 Å². The Bertz CT molecular complexity index is 168. The van der Waals surface area contributed by atoms with Crippen molar-refractivity contribution < 1.29 is 14.7 Å². The van der Waals surface area contributed by atoms with E-state index < -0.39 is 18.3 Å². The van der Waals surface area contributed by atoms with Crippen molar-refractivity contribution in [3.05, 3.63) is 0 Å². The van der Waals surface area contributed by atoms with Crippen LogP contribution in [0.5, 0.6) is 0 Å². The predicted octanol–water partition coefficient (Wildman–Crippen LogP) is 0.623. The maximum atomic E-state index is 10.8. The third kappa shape index (κ3) is 5.70. The Morgan fingerprint density at radius 2 is 2.08 bits per heavy atom. The number of aliphatic carboxylic acids is 1. The number of carboxylic acids is 1. The lowest BCUT2D eigenvalue weighted by atomic mass is 10.1. The summed E-state index contributed by atoms with van der Waals surface area (Å²) in [6.07, 6.45) is 0.545. The maximum absolute atomic E-state index is 10.8. The number of nitrogens with one attached hydrogen (secondary N) is 1. The summed E-state index contributed by atoms with van der Waals surface area (Å²) < 4.78 is 0. The molecule has 0 radical (unpaired) electrons. The van der Waals surface area contributed by atoms with Gasteiger partial charge in [-0.2, -0.15) is 0 Å². The van der Waals surface area contributed by atoms with Gasteiger partial charge in [-0.3, -0.25) is 9.59 Å². The summed E-state index contributed by atoms with van der Waals surface area (Å²) in [5.74, 6) is -1.10. The van der Waals surface area contributed by atoms with Crippen LogP contribution >= 0.6 is 0 Å². The molecule has 1 amide bonds. The Morgan fingerprint density at radius 3 is 2.50 bits per heavy atom. The highest BCUT2D eigenvalue weighted by molar-refractivity contribution is 5.93. The van der Waals surface area contributed by atoms with Crippen LogP contribution in [0.25, 0.3) is 0 Å². The molecule has 0 aliphatic rings.